The molecule has 0 spiro atoms. The lowest BCUT2D eigenvalue weighted by molar-refractivity contribution is -0.0197. The third-order valence-corrected chi connectivity index (χ3v) is 16.3. The van der Waals surface area contributed by atoms with E-state index in [-0.39, 0.29) is 36.2 Å². The lowest BCUT2D eigenvalue weighted by Gasteiger charge is -2.51. The number of carbonyl (C=O) groups excluding carboxylic acids is 2. The van der Waals surface area contributed by atoms with Gasteiger partial charge in [-0.15, -0.1) is 22.7 Å². The minimum atomic E-state index is -0.618. The minimum absolute atomic E-state index is 0.0826. The molecule has 18 heteroatoms. The van der Waals surface area contributed by atoms with Gasteiger partial charge in [0.05, 0.1) is 38.5 Å². The molecule has 0 unspecified atom stereocenters. The first kappa shape index (κ1) is 44.1. The third kappa shape index (κ3) is 6.55. The zero-order valence-corrected chi connectivity index (χ0v) is 39.5. The van der Waals surface area contributed by atoms with Crippen molar-refractivity contribution in [3.8, 4) is 54.6 Å². The summed E-state index contributed by atoms with van der Waals surface area (Å²) in [6.45, 7) is 1.84. The summed E-state index contributed by atoms with van der Waals surface area (Å²) < 4.78 is 44.0. The fourth-order valence-electron chi connectivity index (χ4n) is 11.3. The lowest BCUT2D eigenvalue weighted by Crippen LogP contribution is -2.66. The normalized spacial score (nSPS) is 20.1. The number of thiophene rings is 2. The van der Waals surface area contributed by atoms with Crippen molar-refractivity contribution in [3.63, 3.8) is 0 Å². The van der Waals surface area contributed by atoms with Crippen LogP contribution in [0.3, 0.4) is 0 Å². The molecule has 2 amide bonds. The molecule has 8 aromatic rings. The third-order valence-electron chi connectivity index (χ3n) is 14.4. The van der Waals surface area contributed by atoms with Gasteiger partial charge in [-0.25, -0.2) is 8.78 Å². The summed E-state index contributed by atoms with van der Waals surface area (Å²) in [6.07, 6.45) is 2.03. The van der Waals surface area contributed by atoms with Gasteiger partial charge in [-0.05, 0) is 91.7 Å². The van der Waals surface area contributed by atoms with Crippen molar-refractivity contribution in [3.05, 3.63) is 198 Å². The van der Waals surface area contributed by atoms with Crippen LogP contribution in [0, 0.1) is 11.6 Å². The van der Waals surface area contributed by atoms with E-state index in [1.165, 1.54) is 36.7 Å². The molecule has 2 N–H and O–H groups in total. The number of pyridine rings is 2. The summed E-state index contributed by atoms with van der Waals surface area (Å²) in [5.41, 5.74) is 7.67. The molecule has 4 aromatic heterocycles. The van der Waals surface area contributed by atoms with Crippen LogP contribution in [-0.2, 0) is 9.47 Å². The molecule has 4 aliphatic heterocycles. The number of fused-ring (bicyclic) bond motifs is 14. The van der Waals surface area contributed by atoms with Crippen LogP contribution in [0.1, 0.15) is 55.3 Å². The van der Waals surface area contributed by atoms with Gasteiger partial charge in [0, 0.05) is 58.5 Å². The highest BCUT2D eigenvalue weighted by Gasteiger charge is 2.48. The number of ether oxygens (including phenoxy) is 2. The van der Waals surface area contributed by atoms with Crippen molar-refractivity contribution in [2.45, 2.75) is 24.4 Å². The van der Waals surface area contributed by atoms with E-state index in [1.807, 2.05) is 81.4 Å². The number of hydrogen-bond acceptors (Lipinski definition) is 12. The molecule has 2 saturated heterocycles. The van der Waals surface area contributed by atoms with Crippen molar-refractivity contribution in [2.75, 3.05) is 49.5 Å². The van der Waals surface area contributed by atoms with Crippen LogP contribution >= 0.6 is 22.7 Å². The molecule has 14 rings (SSSR count). The molecule has 14 nitrogen and oxygen atoms in total. The average Bonchev–Trinajstić information content (AvgIpc) is 4.07. The number of aromatic nitrogens is 2. The van der Waals surface area contributed by atoms with Gasteiger partial charge in [-0.1, -0.05) is 60.7 Å². The molecule has 0 radical (unpaired) electrons. The summed E-state index contributed by atoms with van der Waals surface area (Å²) in [5.74, 6) is -2.69. The highest BCUT2D eigenvalue weighted by atomic mass is 32.1. The van der Waals surface area contributed by atoms with Crippen molar-refractivity contribution in [1.29, 1.82) is 0 Å². The number of halogens is 2. The molecular weight excluding hydrogens is 963 g/mol. The summed E-state index contributed by atoms with van der Waals surface area (Å²) in [6, 6.07) is 31.2. The Bertz CT molecular complexity index is 3460. The number of hydrogen-bond donors (Lipinski definition) is 2. The van der Waals surface area contributed by atoms with E-state index in [0.717, 1.165) is 65.4 Å². The van der Waals surface area contributed by atoms with Crippen LogP contribution in [-0.4, -0.2) is 93.0 Å². The second kappa shape index (κ2) is 16.9. The van der Waals surface area contributed by atoms with Gasteiger partial charge in [-0.3, -0.25) is 38.5 Å². The number of amides is 2. The predicted octanol–water partition coefficient (Wildman–Crippen LogP) is 7.88. The van der Waals surface area contributed by atoms with Gasteiger partial charge in [0.25, 0.3) is 11.8 Å². The fraction of sp³-hybridized carbons (Fsp3) is 0.185. The highest BCUT2D eigenvalue weighted by Crippen LogP contribution is 2.52. The SMILES string of the molecule is O=C1c2c(O)c(=O)ccn2N([C@@H]2c3ccc(F)cc3-c3ccsc3-c3ccccc32)[C@@H]2COCCN12.O=C1c2c(O)c(=O)ccn2N([C@H]2c3ccc(F)cc3-c3ccsc3-c3ccccc32)[C@@H]2COCCN12. The van der Waals surface area contributed by atoms with Crippen LogP contribution in [0.2, 0.25) is 0 Å². The lowest BCUT2D eigenvalue weighted by atomic mass is 9.92. The van der Waals surface area contributed by atoms with Crippen LogP contribution in [0.25, 0.3) is 43.1 Å². The molecule has 4 aromatic carbocycles. The maximum Gasteiger partial charge on any atom is 0.278 e. The van der Waals surface area contributed by atoms with Gasteiger partial charge < -0.3 is 29.5 Å². The zero-order chi connectivity index (χ0) is 49.1. The van der Waals surface area contributed by atoms with Crippen LogP contribution in [0.15, 0.2) is 142 Å². The maximum absolute atomic E-state index is 14.6. The monoisotopic (exact) mass is 1000 g/mol. The Morgan fingerprint density at radius 3 is 1.36 bits per heavy atom. The van der Waals surface area contributed by atoms with Crippen molar-refractivity contribution >= 4 is 34.5 Å². The Morgan fingerprint density at radius 1 is 0.500 bits per heavy atom. The Labute approximate surface area is 416 Å². The fourth-order valence-corrected chi connectivity index (χ4v) is 13.2. The standard InChI is InChI=1S/2C27H20FN3O4S/c2*28-15-5-6-17-20(13-15)19-8-12-36-26(19)18-4-2-1-3-16(18)23(17)31-22-14-35-11-10-29(22)27(34)24-25(33)21(32)7-9-30(24)31/h2*1-9,12-13,22-23,33H,10-11,14H2/t22-,23+;22-,23-/m11/s1. The minimum Gasteiger partial charge on any atom is -0.502 e. The van der Waals surface area contributed by atoms with Gasteiger partial charge in [0.1, 0.15) is 24.0 Å². The summed E-state index contributed by atoms with van der Waals surface area (Å²) in [4.78, 5) is 57.0. The van der Waals surface area contributed by atoms with Gasteiger partial charge in [-0.2, -0.15) is 0 Å². The Hall–Kier alpha value is -7.90. The molecule has 360 valence electrons. The Balaban J connectivity index is 0.000000140. The number of benzene rings is 4. The van der Waals surface area contributed by atoms with Gasteiger partial charge >= 0.3 is 0 Å². The van der Waals surface area contributed by atoms with E-state index in [1.54, 1.807) is 66.1 Å². The molecule has 72 heavy (non-hydrogen) atoms. The number of nitrogens with zero attached hydrogens (tertiary/aromatic N) is 6. The second-order valence-corrected chi connectivity index (χ2v) is 19.9. The largest absolute Gasteiger partial charge is 0.502 e. The van der Waals surface area contributed by atoms with Crippen LogP contribution in [0.4, 0.5) is 8.78 Å². The van der Waals surface area contributed by atoms with E-state index in [4.69, 9.17) is 9.47 Å². The van der Waals surface area contributed by atoms with Gasteiger partial charge in [0.15, 0.2) is 22.9 Å². The zero-order valence-electron chi connectivity index (χ0n) is 37.9. The first-order valence-electron chi connectivity index (χ1n) is 23.3. The van der Waals surface area contributed by atoms with E-state index in [0.29, 0.717) is 26.3 Å². The van der Waals surface area contributed by atoms with E-state index >= 15 is 0 Å². The van der Waals surface area contributed by atoms with Gasteiger partial charge in [0.2, 0.25) is 10.9 Å². The predicted molar refractivity (Wildman–Crippen MR) is 266 cm³/mol. The summed E-state index contributed by atoms with van der Waals surface area (Å²) in [5, 5.41) is 29.4. The molecule has 2 aliphatic carbocycles. The average molecular weight is 1000 g/mol. The molecule has 0 saturated carbocycles. The molecule has 6 aliphatic rings. The number of morpholine rings is 2. The first-order valence-corrected chi connectivity index (χ1v) is 25.0. The van der Waals surface area contributed by atoms with Crippen LogP contribution in [0.5, 0.6) is 11.5 Å². The van der Waals surface area contributed by atoms with E-state index in [2.05, 4.69) is 0 Å². The van der Waals surface area contributed by atoms with Crippen molar-refractivity contribution in [2.24, 2.45) is 0 Å². The molecule has 4 atom stereocenters. The number of carbonyl (C=O) groups is 2. The van der Waals surface area contributed by atoms with Crippen molar-refractivity contribution in [1.82, 2.24) is 19.2 Å². The quantitative estimate of drug-likeness (QED) is 0.175. The second-order valence-electron chi connectivity index (χ2n) is 18.1. The topological polar surface area (TPSA) is 150 Å². The van der Waals surface area contributed by atoms with Crippen LogP contribution < -0.4 is 20.9 Å². The first-order chi connectivity index (χ1) is 35.1. The van der Waals surface area contributed by atoms with E-state index in [9.17, 15) is 38.2 Å². The molecule has 8 heterocycles. The summed E-state index contributed by atoms with van der Waals surface area (Å²) >= 11 is 3.19. The van der Waals surface area contributed by atoms with Crippen molar-refractivity contribution < 1.29 is 38.1 Å². The summed E-state index contributed by atoms with van der Waals surface area (Å²) in [7, 11) is 0. The molecule has 0 bridgehead atoms. The highest BCUT2D eigenvalue weighted by molar-refractivity contribution is 7.14. The Kier molecular flexibility index (Phi) is 10.3. The molecule has 2 fully saturated rings. The number of rotatable bonds is 2. The smallest absolute Gasteiger partial charge is 0.278 e. The maximum atomic E-state index is 14.6. The van der Waals surface area contributed by atoms with E-state index < -0.39 is 58.6 Å². The number of aromatic hydroxyl groups is 2. The molecular formula is C54H40F2N6O8S2. The Morgan fingerprint density at radius 2 is 0.917 bits per heavy atom.